The maximum absolute atomic E-state index is 13.1. The van der Waals surface area contributed by atoms with E-state index < -0.39 is 5.41 Å². The maximum atomic E-state index is 13.1. The molecule has 0 aliphatic rings. The van der Waals surface area contributed by atoms with E-state index >= 15 is 0 Å². The SMILES string of the molecule is CCOc1ncc(Cl)cc1C(=O)CCC(C)(C)CC(=O)Nc1c(C)n(C)n(-c2ccccc2)c1=O. The molecule has 35 heavy (non-hydrogen) atoms. The normalized spacial score (nSPS) is 11.4. The maximum Gasteiger partial charge on any atom is 0.295 e. The molecule has 0 saturated carbocycles. The number of nitrogens with zero attached hydrogens (tertiary/aromatic N) is 3. The average molecular weight is 499 g/mol. The number of para-hydroxylation sites is 1. The number of carbonyl (C=O) groups is 2. The Morgan fingerprint density at radius 2 is 1.89 bits per heavy atom. The number of hydrogen-bond donors (Lipinski definition) is 1. The number of halogens is 1. The number of ketones is 1. The van der Waals surface area contributed by atoms with Gasteiger partial charge in [-0.2, -0.15) is 0 Å². The van der Waals surface area contributed by atoms with Gasteiger partial charge < -0.3 is 10.1 Å². The molecule has 186 valence electrons. The van der Waals surface area contributed by atoms with E-state index in [2.05, 4.69) is 10.3 Å². The van der Waals surface area contributed by atoms with Crippen LogP contribution in [-0.4, -0.2) is 32.6 Å². The molecule has 0 fully saturated rings. The van der Waals surface area contributed by atoms with Crippen LogP contribution in [0.25, 0.3) is 5.69 Å². The van der Waals surface area contributed by atoms with Crippen LogP contribution in [0, 0.1) is 12.3 Å². The van der Waals surface area contributed by atoms with Crippen LogP contribution in [0.2, 0.25) is 5.02 Å². The largest absolute Gasteiger partial charge is 0.477 e. The Labute approximate surface area is 209 Å². The fourth-order valence-corrected chi connectivity index (χ4v) is 4.04. The molecule has 2 aromatic heterocycles. The summed E-state index contributed by atoms with van der Waals surface area (Å²) in [6.45, 7) is 7.81. The molecule has 9 heteroatoms. The number of carbonyl (C=O) groups excluding carboxylic acids is 2. The second kappa shape index (κ2) is 10.9. The zero-order chi connectivity index (χ0) is 25.8. The molecule has 0 aliphatic heterocycles. The van der Waals surface area contributed by atoms with Crippen LogP contribution >= 0.6 is 11.6 Å². The Kier molecular flexibility index (Phi) is 8.17. The fourth-order valence-electron chi connectivity index (χ4n) is 3.88. The minimum absolute atomic E-state index is 0.144. The van der Waals surface area contributed by atoms with Crippen molar-refractivity contribution in [1.29, 1.82) is 0 Å². The first-order valence-corrected chi connectivity index (χ1v) is 11.9. The van der Waals surface area contributed by atoms with Gasteiger partial charge in [0.25, 0.3) is 5.56 Å². The lowest BCUT2D eigenvalue weighted by atomic mass is 9.83. The van der Waals surface area contributed by atoms with Crippen LogP contribution < -0.4 is 15.6 Å². The van der Waals surface area contributed by atoms with Gasteiger partial charge in [-0.25, -0.2) is 9.67 Å². The van der Waals surface area contributed by atoms with E-state index in [-0.39, 0.29) is 41.7 Å². The zero-order valence-corrected chi connectivity index (χ0v) is 21.5. The van der Waals surface area contributed by atoms with Crippen LogP contribution in [0.5, 0.6) is 5.88 Å². The third-order valence-corrected chi connectivity index (χ3v) is 6.09. The average Bonchev–Trinajstić information content (AvgIpc) is 3.02. The summed E-state index contributed by atoms with van der Waals surface area (Å²) in [5, 5.41) is 3.15. The molecule has 2 heterocycles. The minimum Gasteiger partial charge on any atom is -0.477 e. The Morgan fingerprint density at radius 3 is 2.54 bits per heavy atom. The Balaban J connectivity index is 1.68. The summed E-state index contributed by atoms with van der Waals surface area (Å²) in [6.07, 6.45) is 2.24. The van der Waals surface area contributed by atoms with Gasteiger partial charge in [0.15, 0.2) is 5.78 Å². The third kappa shape index (κ3) is 6.19. The van der Waals surface area contributed by atoms with Gasteiger partial charge in [-0.3, -0.25) is 19.1 Å². The number of benzene rings is 1. The highest BCUT2D eigenvalue weighted by molar-refractivity contribution is 6.30. The molecule has 0 saturated heterocycles. The Bertz CT molecular complexity index is 1280. The molecule has 1 amide bonds. The van der Waals surface area contributed by atoms with Crippen molar-refractivity contribution < 1.29 is 14.3 Å². The summed E-state index contributed by atoms with van der Waals surface area (Å²) in [7, 11) is 1.77. The van der Waals surface area contributed by atoms with E-state index in [1.165, 1.54) is 10.9 Å². The van der Waals surface area contributed by atoms with E-state index in [4.69, 9.17) is 16.3 Å². The molecule has 0 bridgehead atoms. The van der Waals surface area contributed by atoms with Crippen molar-refractivity contribution in [2.75, 3.05) is 11.9 Å². The highest BCUT2D eigenvalue weighted by atomic mass is 35.5. The van der Waals surface area contributed by atoms with E-state index in [9.17, 15) is 14.4 Å². The van der Waals surface area contributed by atoms with Crippen LogP contribution in [0.1, 0.15) is 56.1 Å². The quantitative estimate of drug-likeness (QED) is 0.399. The summed E-state index contributed by atoms with van der Waals surface area (Å²) in [5.74, 6) is -0.179. The predicted molar refractivity (Wildman–Crippen MR) is 137 cm³/mol. The van der Waals surface area contributed by atoms with Gasteiger partial charge >= 0.3 is 0 Å². The number of ether oxygens (including phenoxy) is 1. The standard InChI is InChI=1S/C26H31ClN4O4/c1-6-35-24-20(14-18(27)16-28-24)21(32)12-13-26(3,4)15-22(33)29-23-17(2)30(5)31(25(23)34)19-10-8-7-9-11-19/h7-11,14,16H,6,12-13,15H2,1-5H3,(H,29,33). The van der Waals surface area contributed by atoms with Crippen molar-refractivity contribution in [3.05, 3.63) is 69.2 Å². The number of rotatable bonds is 10. The van der Waals surface area contributed by atoms with Crippen molar-refractivity contribution in [2.24, 2.45) is 12.5 Å². The second-order valence-electron chi connectivity index (χ2n) is 9.19. The minimum atomic E-state index is -0.487. The van der Waals surface area contributed by atoms with Crippen molar-refractivity contribution in [2.45, 2.75) is 47.0 Å². The number of nitrogens with one attached hydrogen (secondary N) is 1. The second-order valence-corrected chi connectivity index (χ2v) is 9.62. The monoisotopic (exact) mass is 498 g/mol. The van der Waals surface area contributed by atoms with Crippen molar-refractivity contribution >= 4 is 29.0 Å². The number of pyridine rings is 1. The Hall–Kier alpha value is -3.39. The summed E-state index contributed by atoms with van der Waals surface area (Å²) in [5.41, 5.74) is 1.16. The lowest BCUT2D eigenvalue weighted by Gasteiger charge is -2.23. The molecular formula is C26H31ClN4O4. The number of Topliss-reactive ketones (excluding diaryl/α,β-unsaturated/α-hetero) is 1. The first-order chi connectivity index (χ1) is 16.5. The third-order valence-electron chi connectivity index (χ3n) is 5.89. The number of amides is 1. The van der Waals surface area contributed by atoms with Crippen LogP contribution in [-0.2, 0) is 11.8 Å². The van der Waals surface area contributed by atoms with Crippen LogP contribution in [0.4, 0.5) is 5.69 Å². The molecule has 0 unspecified atom stereocenters. The van der Waals surface area contributed by atoms with Crippen LogP contribution in [0.15, 0.2) is 47.4 Å². The summed E-state index contributed by atoms with van der Waals surface area (Å²) < 4.78 is 8.69. The highest BCUT2D eigenvalue weighted by Gasteiger charge is 2.26. The Morgan fingerprint density at radius 1 is 1.20 bits per heavy atom. The summed E-state index contributed by atoms with van der Waals surface area (Å²) in [4.78, 5) is 42.9. The van der Waals surface area contributed by atoms with Gasteiger partial charge in [0, 0.05) is 26.1 Å². The van der Waals surface area contributed by atoms with E-state index in [0.717, 1.165) is 0 Å². The molecule has 0 atom stereocenters. The van der Waals surface area contributed by atoms with E-state index in [0.29, 0.717) is 35.0 Å². The van der Waals surface area contributed by atoms with Crippen LogP contribution in [0.3, 0.4) is 0 Å². The molecule has 0 radical (unpaired) electrons. The molecule has 8 nitrogen and oxygen atoms in total. The molecule has 3 aromatic rings. The smallest absolute Gasteiger partial charge is 0.295 e. The van der Waals surface area contributed by atoms with Crippen molar-refractivity contribution in [3.8, 4) is 11.6 Å². The van der Waals surface area contributed by atoms with E-state index in [1.807, 2.05) is 51.1 Å². The molecule has 1 aromatic carbocycles. The molecule has 0 spiro atoms. The fraction of sp³-hybridized carbons (Fsp3) is 0.385. The van der Waals surface area contributed by atoms with Crippen molar-refractivity contribution in [3.63, 3.8) is 0 Å². The van der Waals surface area contributed by atoms with Gasteiger partial charge in [0.05, 0.1) is 28.6 Å². The van der Waals surface area contributed by atoms with Gasteiger partial charge in [-0.1, -0.05) is 43.6 Å². The summed E-state index contributed by atoms with van der Waals surface area (Å²) in [6, 6.07) is 10.8. The van der Waals surface area contributed by atoms with Gasteiger partial charge in [-0.15, -0.1) is 0 Å². The first kappa shape index (κ1) is 26.2. The summed E-state index contributed by atoms with van der Waals surface area (Å²) >= 11 is 6.02. The van der Waals surface area contributed by atoms with Gasteiger partial charge in [-0.05, 0) is 43.9 Å². The predicted octanol–water partition coefficient (Wildman–Crippen LogP) is 4.95. The molecule has 3 rings (SSSR count). The van der Waals surface area contributed by atoms with Gasteiger partial charge in [0.1, 0.15) is 5.69 Å². The number of hydrogen-bond acceptors (Lipinski definition) is 5. The van der Waals surface area contributed by atoms with Crippen molar-refractivity contribution in [1.82, 2.24) is 14.3 Å². The number of anilines is 1. The lowest BCUT2D eigenvalue weighted by Crippen LogP contribution is -2.26. The highest BCUT2D eigenvalue weighted by Crippen LogP contribution is 2.30. The topological polar surface area (TPSA) is 95.2 Å². The molecule has 0 aliphatic carbocycles. The van der Waals surface area contributed by atoms with E-state index in [1.54, 1.807) is 24.7 Å². The van der Waals surface area contributed by atoms with Gasteiger partial charge in [0.2, 0.25) is 11.8 Å². The molecule has 1 N–H and O–H groups in total. The number of aromatic nitrogens is 3. The molecular weight excluding hydrogens is 468 g/mol. The lowest BCUT2D eigenvalue weighted by molar-refractivity contribution is -0.118. The zero-order valence-electron chi connectivity index (χ0n) is 20.7. The first-order valence-electron chi connectivity index (χ1n) is 11.5.